The third kappa shape index (κ3) is 6.16. The molecule has 1 aromatic heterocycles. The molecule has 196 valence electrons. The lowest BCUT2D eigenvalue weighted by Gasteiger charge is -2.25. The molecule has 2 heterocycles. The fourth-order valence-corrected chi connectivity index (χ4v) is 6.84. The summed E-state index contributed by atoms with van der Waals surface area (Å²) in [6, 6.07) is 8.61. The summed E-state index contributed by atoms with van der Waals surface area (Å²) in [5.41, 5.74) is 0.320. The van der Waals surface area contributed by atoms with E-state index in [0.29, 0.717) is 29.6 Å². The van der Waals surface area contributed by atoms with E-state index in [1.165, 1.54) is 54.9 Å². The molecule has 3 aromatic rings. The van der Waals surface area contributed by atoms with Gasteiger partial charge >= 0.3 is 0 Å². The number of rotatable bonds is 9. The van der Waals surface area contributed by atoms with Crippen molar-refractivity contribution in [1.29, 1.82) is 0 Å². The van der Waals surface area contributed by atoms with E-state index in [0.717, 1.165) is 36.6 Å². The lowest BCUT2D eigenvalue weighted by molar-refractivity contribution is -0.123. The number of hydrogen-bond acceptors (Lipinski definition) is 7. The third-order valence-corrected chi connectivity index (χ3v) is 9.64. The maximum absolute atomic E-state index is 14.4. The first-order valence-corrected chi connectivity index (χ1v) is 14.6. The number of nitrogens with zero attached hydrogens (tertiary/aromatic N) is 2. The minimum atomic E-state index is -3.41. The van der Waals surface area contributed by atoms with Crippen molar-refractivity contribution in [1.82, 2.24) is 9.88 Å². The van der Waals surface area contributed by atoms with E-state index in [-0.39, 0.29) is 15.9 Å². The largest absolute Gasteiger partial charge is 0.473 e. The molecule has 5 rings (SSSR count). The minimum absolute atomic E-state index is 0.160. The molecular formula is C26H27F2N3O4S2. The first-order chi connectivity index (χ1) is 17.8. The third-order valence-electron chi connectivity index (χ3n) is 6.46. The van der Waals surface area contributed by atoms with Crippen LogP contribution in [0.3, 0.4) is 0 Å². The van der Waals surface area contributed by atoms with Gasteiger partial charge in [-0.1, -0.05) is 18.6 Å². The Bertz CT molecular complexity index is 1370. The Hall–Kier alpha value is -2.89. The predicted octanol–water partition coefficient (Wildman–Crippen LogP) is 5.10. The second-order valence-corrected chi connectivity index (χ2v) is 12.7. The fraction of sp³-hybridized carbons (Fsp3) is 0.385. The number of nitrogens with one attached hydrogen (secondary N) is 1. The second-order valence-electron chi connectivity index (χ2n) is 9.34. The van der Waals surface area contributed by atoms with Crippen molar-refractivity contribution >= 4 is 32.2 Å². The van der Waals surface area contributed by atoms with Crippen molar-refractivity contribution in [3.8, 4) is 5.75 Å². The van der Waals surface area contributed by atoms with Gasteiger partial charge < -0.3 is 4.74 Å². The zero-order valence-corrected chi connectivity index (χ0v) is 21.7. The van der Waals surface area contributed by atoms with Crippen molar-refractivity contribution < 1.29 is 26.7 Å². The number of piperidine rings is 1. The lowest BCUT2D eigenvalue weighted by atomic mass is 10.1. The maximum Gasteiger partial charge on any atom is 0.271 e. The Morgan fingerprint density at radius 3 is 2.51 bits per heavy atom. The van der Waals surface area contributed by atoms with Gasteiger partial charge in [-0.2, -0.15) is 0 Å². The monoisotopic (exact) mass is 547 g/mol. The Kier molecular flexibility index (Phi) is 7.55. The number of amides is 1. The van der Waals surface area contributed by atoms with Gasteiger partial charge in [-0.05, 0) is 63.0 Å². The van der Waals surface area contributed by atoms with Gasteiger partial charge in [0.1, 0.15) is 5.82 Å². The average Bonchev–Trinajstić information content (AvgIpc) is 3.66. The first kappa shape index (κ1) is 25.7. The molecule has 1 saturated heterocycles. The molecule has 1 aliphatic carbocycles. The van der Waals surface area contributed by atoms with Crippen LogP contribution in [0, 0.1) is 11.6 Å². The molecule has 11 heteroatoms. The number of ether oxygens (including phenoxy) is 1. The highest BCUT2D eigenvalue weighted by Gasteiger charge is 2.37. The van der Waals surface area contributed by atoms with Gasteiger partial charge in [0.15, 0.2) is 26.5 Å². The summed E-state index contributed by atoms with van der Waals surface area (Å²) in [6.45, 7) is 2.82. The summed E-state index contributed by atoms with van der Waals surface area (Å²) in [5, 5.41) is 2.74. The molecule has 0 radical (unpaired) electrons. The van der Waals surface area contributed by atoms with Crippen molar-refractivity contribution in [2.75, 3.05) is 18.4 Å². The van der Waals surface area contributed by atoms with E-state index in [1.54, 1.807) is 6.20 Å². The van der Waals surface area contributed by atoms with Crippen LogP contribution in [0.2, 0.25) is 0 Å². The number of sulfone groups is 1. The van der Waals surface area contributed by atoms with Crippen LogP contribution in [0.1, 0.15) is 48.6 Å². The van der Waals surface area contributed by atoms with Crippen LogP contribution in [-0.4, -0.2) is 42.5 Å². The first-order valence-electron chi connectivity index (χ1n) is 12.2. The van der Waals surface area contributed by atoms with Crippen molar-refractivity contribution in [2.45, 2.75) is 54.9 Å². The SMILES string of the molecule is O=C(Nc1ncc(CN2CCCCC2)s1)C(Oc1ccc(F)cc1F)c1ccc(S(=O)(=O)C2CC2)cc1. The van der Waals surface area contributed by atoms with E-state index in [2.05, 4.69) is 15.2 Å². The summed E-state index contributed by atoms with van der Waals surface area (Å²) < 4.78 is 58.6. The Morgan fingerprint density at radius 1 is 1.11 bits per heavy atom. The molecule has 1 N–H and O–H groups in total. The minimum Gasteiger partial charge on any atom is -0.473 e. The molecule has 1 saturated carbocycles. The Morgan fingerprint density at radius 2 is 1.84 bits per heavy atom. The normalized spacial score (nSPS) is 17.4. The molecule has 0 bridgehead atoms. The topological polar surface area (TPSA) is 88.6 Å². The van der Waals surface area contributed by atoms with Crippen molar-refractivity contribution in [3.63, 3.8) is 0 Å². The molecule has 2 fully saturated rings. The summed E-state index contributed by atoms with van der Waals surface area (Å²) in [6.07, 6.45) is 5.24. The van der Waals surface area contributed by atoms with E-state index in [9.17, 15) is 22.0 Å². The van der Waals surface area contributed by atoms with E-state index >= 15 is 0 Å². The molecule has 1 aliphatic heterocycles. The molecule has 2 aliphatic rings. The number of carbonyl (C=O) groups is 1. The van der Waals surface area contributed by atoms with Gasteiger partial charge in [0.25, 0.3) is 5.91 Å². The Balaban J connectivity index is 1.36. The fourth-order valence-electron chi connectivity index (χ4n) is 4.32. The summed E-state index contributed by atoms with van der Waals surface area (Å²) >= 11 is 1.35. The van der Waals surface area contributed by atoms with E-state index in [1.807, 2.05) is 0 Å². The number of hydrogen-bond donors (Lipinski definition) is 1. The number of halogens is 2. The van der Waals surface area contributed by atoms with Gasteiger partial charge in [0, 0.05) is 29.2 Å². The smallest absolute Gasteiger partial charge is 0.271 e. The zero-order valence-electron chi connectivity index (χ0n) is 20.0. The standard InChI is InChI=1S/C26H27F2N3O4S2/c27-18-6-11-23(22(28)14-18)35-24(17-4-7-20(8-5-17)37(33,34)21-9-10-21)25(32)30-26-29-15-19(36-26)16-31-12-2-1-3-13-31/h4-8,11,14-15,21,24H,1-3,9-10,12-13,16H2,(H,29,30,32). The quantitative estimate of drug-likeness (QED) is 0.401. The molecule has 1 unspecified atom stereocenters. The highest BCUT2D eigenvalue weighted by molar-refractivity contribution is 7.92. The zero-order chi connectivity index (χ0) is 26.0. The van der Waals surface area contributed by atoms with Gasteiger partial charge in [0.05, 0.1) is 10.1 Å². The van der Waals surface area contributed by atoms with Crippen LogP contribution in [0.25, 0.3) is 0 Å². The molecule has 2 aromatic carbocycles. The number of benzene rings is 2. The van der Waals surface area contributed by atoms with Crippen LogP contribution in [0.15, 0.2) is 53.6 Å². The van der Waals surface area contributed by atoms with Gasteiger partial charge in [0.2, 0.25) is 6.10 Å². The summed E-state index contributed by atoms with van der Waals surface area (Å²) in [4.78, 5) is 21.1. The Labute approximate surface area is 218 Å². The summed E-state index contributed by atoms with van der Waals surface area (Å²) in [7, 11) is -3.41. The summed E-state index contributed by atoms with van der Waals surface area (Å²) in [5.74, 6) is -2.64. The van der Waals surface area contributed by atoms with Crippen LogP contribution < -0.4 is 10.1 Å². The van der Waals surface area contributed by atoms with Gasteiger partial charge in [-0.3, -0.25) is 15.0 Å². The van der Waals surface area contributed by atoms with Gasteiger partial charge in [-0.25, -0.2) is 22.2 Å². The highest BCUT2D eigenvalue weighted by Crippen LogP contribution is 2.34. The van der Waals surface area contributed by atoms with Crippen LogP contribution in [0.5, 0.6) is 5.75 Å². The van der Waals surface area contributed by atoms with Gasteiger partial charge in [-0.15, -0.1) is 11.3 Å². The van der Waals surface area contributed by atoms with Crippen LogP contribution in [0.4, 0.5) is 13.9 Å². The number of likely N-dealkylation sites (tertiary alicyclic amines) is 1. The number of anilines is 1. The van der Waals surface area contributed by atoms with E-state index < -0.39 is 33.5 Å². The highest BCUT2D eigenvalue weighted by atomic mass is 32.2. The molecule has 37 heavy (non-hydrogen) atoms. The predicted molar refractivity (Wildman–Crippen MR) is 136 cm³/mol. The van der Waals surface area contributed by atoms with E-state index in [4.69, 9.17) is 4.74 Å². The molecule has 1 amide bonds. The van der Waals surface area contributed by atoms with Crippen molar-refractivity contribution in [3.05, 3.63) is 70.7 Å². The van der Waals surface area contributed by atoms with Crippen LogP contribution >= 0.6 is 11.3 Å². The number of carbonyl (C=O) groups excluding carboxylic acids is 1. The van der Waals surface area contributed by atoms with Crippen molar-refractivity contribution in [2.24, 2.45) is 0 Å². The van der Waals surface area contributed by atoms with Crippen LogP contribution in [-0.2, 0) is 21.2 Å². The average molecular weight is 548 g/mol. The number of thiazole rings is 1. The second kappa shape index (κ2) is 10.8. The molecule has 0 spiro atoms. The molecule has 1 atom stereocenters. The lowest BCUT2D eigenvalue weighted by Crippen LogP contribution is -2.28. The maximum atomic E-state index is 14.4. The molecular weight excluding hydrogens is 520 g/mol. The number of aromatic nitrogens is 1. The molecule has 7 nitrogen and oxygen atoms in total.